The standard InChI is InChI=1S/C18H20N2O3/c1-12-5-3-4-6-16(12)17(22)11-19-18(23)14-7-9-15(10-8-14)20-13(2)21/h3-10,17,22H,11H2,1-2H3,(H,19,23)(H,20,21). The second-order valence-corrected chi connectivity index (χ2v) is 5.34. The van der Waals surface area contributed by atoms with E-state index >= 15 is 0 Å². The summed E-state index contributed by atoms with van der Waals surface area (Å²) < 4.78 is 0. The first kappa shape index (κ1) is 16.7. The number of benzene rings is 2. The number of amides is 2. The van der Waals surface area contributed by atoms with Crippen LogP contribution in [-0.2, 0) is 4.79 Å². The van der Waals surface area contributed by atoms with Crippen LogP contribution < -0.4 is 10.6 Å². The van der Waals surface area contributed by atoms with Gasteiger partial charge in [0.1, 0.15) is 0 Å². The topological polar surface area (TPSA) is 78.4 Å². The van der Waals surface area contributed by atoms with Gasteiger partial charge in [0, 0.05) is 24.7 Å². The third-order valence-electron chi connectivity index (χ3n) is 3.47. The van der Waals surface area contributed by atoms with Gasteiger partial charge in [0.05, 0.1) is 6.10 Å². The Kier molecular flexibility index (Phi) is 5.49. The number of aryl methyl sites for hydroxylation is 1. The van der Waals surface area contributed by atoms with Crippen LogP contribution in [0.25, 0.3) is 0 Å². The molecule has 0 radical (unpaired) electrons. The molecule has 0 bridgehead atoms. The number of carbonyl (C=O) groups excluding carboxylic acids is 2. The van der Waals surface area contributed by atoms with Gasteiger partial charge in [-0.2, -0.15) is 0 Å². The minimum Gasteiger partial charge on any atom is -0.387 e. The monoisotopic (exact) mass is 312 g/mol. The third kappa shape index (κ3) is 4.66. The summed E-state index contributed by atoms with van der Waals surface area (Å²) in [6.45, 7) is 3.48. The molecule has 3 N–H and O–H groups in total. The lowest BCUT2D eigenvalue weighted by atomic mass is 10.0. The van der Waals surface area contributed by atoms with Crippen LogP contribution in [0.5, 0.6) is 0 Å². The minimum atomic E-state index is -0.751. The maximum absolute atomic E-state index is 12.1. The maximum Gasteiger partial charge on any atom is 0.251 e. The van der Waals surface area contributed by atoms with Crippen LogP contribution in [0.2, 0.25) is 0 Å². The molecular weight excluding hydrogens is 292 g/mol. The van der Waals surface area contributed by atoms with E-state index < -0.39 is 6.10 Å². The summed E-state index contributed by atoms with van der Waals surface area (Å²) in [6, 6.07) is 14.1. The molecule has 0 aliphatic carbocycles. The Morgan fingerprint density at radius 2 is 1.74 bits per heavy atom. The van der Waals surface area contributed by atoms with Crippen molar-refractivity contribution in [3.63, 3.8) is 0 Å². The summed E-state index contributed by atoms with van der Waals surface area (Å²) in [6.07, 6.45) is -0.751. The highest BCUT2D eigenvalue weighted by Crippen LogP contribution is 2.16. The van der Waals surface area contributed by atoms with Gasteiger partial charge in [0.25, 0.3) is 5.91 Å². The van der Waals surface area contributed by atoms with E-state index in [1.807, 2.05) is 31.2 Å². The molecule has 0 aliphatic heterocycles. The summed E-state index contributed by atoms with van der Waals surface area (Å²) >= 11 is 0. The average molecular weight is 312 g/mol. The second-order valence-electron chi connectivity index (χ2n) is 5.34. The number of nitrogens with one attached hydrogen (secondary N) is 2. The first-order chi connectivity index (χ1) is 11.0. The number of rotatable bonds is 5. The quantitative estimate of drug-likeness (QED) is 0.793. The molecule has 2 aromatic rings. The van der Waals surface area contributed by atoms with E-state index in [2.05, 4.69) is 10.6 Å². The Morgan fingerprint density at radius 3 is 2.35 bits per heavy atom. The van der Waals surface area contributed by atoms with E-state index in [9.17, 15) is 14.7 Å². The number of aliphatic hydroxyl groups is 1. The van der Waals surface area contributed by atoms with Crippen molar-refractivity contribution >= 4 is 17.5 Å². The fourth-order valence-corrected chi connectivity index (χ4v) is 2.27. The first-order valence-corrected chi connectivity index (χ1v) is 7.37. The molecule has 5 heteroatoms. The van der Waals surface area contributed by atoms with Crippen molar-refractivity contribution in [3.05, 3.63) is 65.2 Å². The van der Waals surface area contributed by atoms with Crippen LogP contribution in [0.3, 0.4) is 0 Å². The Balaban J connectivity index is 1.94. The molecule has 0 spiro atoms. The number of carbonyl (C=O) groups is 2. The third-order valence-corrected chi connectivity index (χ3v) is 3.47. The summed E-state index contributed by atoms with van der Waals surface area (Å²) in [5.74, 6) is -0.435. The molecule has 1 unspecified atom stereocenters. The molecule has 5 nitrogen and oxygen atoms in total. The molecule has 0 saturated carbocycles. The fraction of sp³-hybridized carbons (Fsp3) is 0.222. The smallest absolute Gasteiger partial charge is 0.251 e. The maximum atomic E-state index is 12.1. The summed E-state index contributed by atoms with van der Waals surface area (Å²) in [4.78, 5) is 23.0. The highest BCUT2D eigenvalue weighted by atomic mass is 16.3. The van der Waals surface area contributed by atoms with Crippen LogP contribution in [-0.4, -0.2) is 23.5 Å². The molecule has 23 heavy (non-hydrogen) atoms. The van der Waals surface area contributed by atoms with Crippen LogP contribution in [0.15, 0.2) is 48.5 Å². The fourth-order valence-electron chi connectivity index (χ4n) is 2.27. The molecule has 2 amide bonds. The number of aliphatic hydroxyl groups excluding tert-OH is 1. The van der Waals surface area contributed by atoms with Gasteiger partial charge in [-0.3, -0.25) is 9.59 Å². The zero-order valence-corrected chi connectivity index (χ0v) is 13.2. The van der Waals surface area contributed by atoms with Gasteiger partial charge < -0.3 is 15.7 Å². The Morgan fingerprint density at radius 1 is 1.09 bits per heavy atom. The van der Waals surface area contributed by atoms with Gasteiger partial charge >= 0.3 is 0 Å². The molecule has 120 valence electrons. The van der Waals surface area contributed by atoms with Crippen LogP contribution in [0.1, 0.15) is 34.5 Å². The van der Waals surface area contributed by atoms with Crippen molar-refractivity contribution in [1.29, 1.82) is 0 Å². The Hall–Kier alpha value is -2.66. The number of anilines is 1. The molecular formula is C18H20N2O3. The van der Waals surface area contributed by atoms with Crippen molar-refractivity contribution in [3.8, 4) is 0 Å². The summed E-state index contributed by atoms with van der Waals surface area (Å²) in [5, 5.41) is 15.5. The minimum absolute atomic E-state index is 0.136. The molecule has 0 aromatic heterocycles. The second kappa shape index (κ2) is 7.56. The lowest BCUT2D eigenvalue weighted by molar-refractivity contribution is -0.114. The van der Waals surface area contributed by atoms with Gasteiger partial charge in [-0.15, -0.1) is 0 Å². The van der Waals surface area contributed by atoms with Crippen molar-refractivity contribution in [2.75, 3.05) is 11.9 Å². The van der Waals surface area contributed by atoms with Crippen molar-refractivity contribution in [1.82, 2.24) is 5.32 Å². The zero-order chi connectivity index (χ0) is 16.8. The zero-order valence-electron chi connectivity index (χ0n) is 13.2. The Labute approximate surface area is 135 Å². The molecule has 0 fully saturated rings. The molecule has 2 rings (SSSR count). The van der Waals surface area contributed by atoms with Crippen LogP contribution >= 0.6 is 0 Å². The highest BCUT2D eigenvalue weighted by Gasteiger charge is 2.12. The van der Waals surface area contributed by atoms with E-state index in [1.54, 1.807) is 24.3 Å². The van der Waals surface area contributed by atoms with Crippen molar-refractivity contribution < 1.29 is 14.7 Å². The van der Waals surface area contributed by atoms with E-state index in [0.29, 0.717) is 11.3 Å². The van der Waals surface area contributed by atoms with Crippen LogP contribution in [0, 0.1) is 6.92 Å². The lowest BCUT2D eigenvalue weighted by Crippen LogP contribution is -2.28. The van der Waals surface area contributed by atoms with Crippen molar-refractivity contribution in [2.24, 2.45) is 0 Å². The molecule has 1 atom stereocenters. The van der Waals surface area contributed by atoms with Gasteiger partial charge in [-0.1, -0.05) is 24.3 Å². The Bertz CT molecular complexity index is 696. The average Bonchev–Trinajstić information content (AvgIpc) is 2.53. The predicted molar refractivity (Wildman–Crippen MR) is 89.2 cm³/mol. The van der Waals surface area contributed by atoms with Gasteiger partial charge in [0.15, 0.2) is 0 Å². The lowest BCUT2D eigenvalue weighted by Gasteiger charge is -2.14. The highest BCUT2D eigenvalue weighted by molar-refractivity contribution is 5.95. The van der Waals surface area contributed by atoms with E-state index in [4.69, 9.17) is 0 Å². The molecule has 2 aromatic carbocycles. The van der Waals surface area contributed by atoms with Crippen molar-refractivity contribution in [2.45, 2.75) is 20.0 Å². The number of hydrogen-bond acceptors (Lipinski definition) is 3. The molecule has 0 heterocycles. The first-order valence-electron chi connectivity index (χ1n) is 7.37. The summed E-state index contributed by atoms with van der Waals surface area (Å²) in [5.41, 5.74) is 2.88. The van der Waals surface area contributed by atoms with E-state index in [1.165, 1.54) is 6.92 Å². The summed E-state index contributed by atoms with van der Waals surface area (Å²) in [7, 11) is 0. The van der Waals surface area contributed by atoms with Gasteiger partial charge in [0.2, 0.25) is 5.91 Å². The molecule has 0 aliphatic rings. The number of hydrogen-bond donors (Lipinski definition) is 3. The van der Waals surface area contributed by atoms with Crippen LogP contribution in [0.4, 0.5) is 5.69 Å². The SMILES string of the molecule is CC(=O)Nc1ccc(C(=O)NCC(O)c2ccccc2C)cc1. The molecule has 0 saturated heterocycles. The normalized spacial score (nSPS) is 11.6. The van der Waals surface area contributed by atoms with E-state index in [0.717, 1.165) is 11.1 Å². The van der Waals surface area contributed by atoms with Gasteiger partial charge in [-0.05, 0) is 42.3 Å². The largest absolute Gasteiger partial charge is 0.387 e. The predicted octanol–water partition coefficient (Wildman–Crippen LogP) is 2.42. The van der Waals surface area contributed by atoms with E-state index in [-0.39, 0.29) is 18.4 Å². The van der Waals surface area contributed by atoms with Gasteiger partial charge in [-0.25, -0.2) is 0 Å².